The number of carbonyl (C=O) groups excluding carboxylic acids is 2. The first-order valence-electron chi connectivity index (χ1n) is 11.8. The Kier molecular flexibility index (Phi) is 7.11. The van der Waals surface area contributed by atoms with E-state index >= 15 is 0 Å². The normalized spacial score (nSPS) is 16.5. The molecule has 0 radical (unpaired) electrons. The number of ether oxygens (including phenoxy) is 2. The Balaban J connectivity index is 1.52. The number of methoxy groups -OCH3 is 1. The van der Waals surface area contributed by atoms with Crippen molar-refractivity contribution in [3.8, 4) is 11.5 Å². The zero-order valence-electron chi connectivity index (χ0n) is 20.4. The van der Waals surface area contributed by atoms with Crippen LogP contribution in [-0.4, -0.2) is 28.9 Å². The monoisotopic (exact) mass is 526 g/mol. The number of hydrogen-bond acceptors (Lipinski definition) is 6. The number of halogens is 1. The molecule has 2 heterocycles. The number of rotatable bonds is 7. The summed E-state index contributed by atoms with van der Waals surface area (Å²) in [5.74, 6) is -0.889. The number of aliphatic hydroxyl groups is 1. The molecule has 1 aliphatic rings. The Bertz CT molecular complexity index is 1510. The number of benzene rings is 3. The molecule has 7 nitrogen and oxygen atoms in total. The molecule has 1 atom stereocenters. The van der Waals surface area contributed by atoms with E-state index in [1.807, 2.05) is 30.3 Å². The van der Waals surface area contributed by atoms with Crippen LogP contribution in [0.4, 0.5) is 5.69 Å². The standard InChI is InChI=1S/C30H23ClN2O5/c1-37-25-14-9-20(16-24(25)31)28(34)26-27(21-8-5-15-32-17-21)33(30(36)29(26)35)22-10-12-23(13-11-22)38-18-19-6-3-2-4-7-19/h2-17,27,34H,18H2,1H3/b28-26-. The van der Waals surface area contributed by atoms with E-state index in [0.29, 0.717) is 29.4 Å². The van der Waals surface area contributed by atoms with Gasteiger partial charge in [0.2, 0.25) is 0 Å². The van der Waals surface area contributed by atoms with Gasteiger partial charge in [0.15, 0.2) is 0 Å². The van der Waals surface area contributed by atoms with E-state index in [4.69, 9.17) is 21.1 Å². The molecule has 1 aliphatic heterocycles. The molecule has 1 amide bonds. The molecule has 1 saturated heterocycles. The van der Waals surface area contributed by atoms with Crippen molar-refractivity contribution in [2.24, 2.45) is 0 Å². The number of pyridine rings is 1. The average Bonchev–Trinajstić information content (AvgIpc) is 3.22. The fourth-order valence-corrected chi connectivity index (χ4v) is 4.62. The van der Waals surface area contributed by atoms with Gasteiger partial charge in [0, 0.05) is 23.6 Å². The Morgan fingerprint density at radius 1 is 1.00 bits per heavy atom. The third kappa shape index (κ3) is 4.84. The summed E-state index contributed by atoms with van der Waals surface area (Å²) < 4.78 is 11.0. The maximum atomic E-state index is 13.3. The van der Waals surface area contributed by atoms with Crippen LogP contribution in [0, 0.1) is 0 Å². The Hall–Kier alpha value is -4.62. The molecule has 4 aromatic rings. The van der Waals surface area contributed by atoms with Crippen LogP contribution in [0.5, 0.6) is 11.5 Å². The van der Waals surface area contributed by atoms with Gasteiger partial charge < -0.3 is 14.6 Å². The Labute approximate surface area is 224 Å². The highest BCUT2D eigenvalue weighted by molar-refractivity contribution is 6.51. The van der Waals surface area contributed by atoms with Crippen molar-refractivity contribution < 1.29 is 24.2 Å². The third-order valence-electron chi connectivity index (χ3n) is 6.23. The van der Waals surface area contributed by atoms with Gasteiger partial charge in [-0.2, -0.15) is 0 Å². The molecule has 190 valence electrons. The Morgan fingerprint density at radius 3 is 2.42 bits per heavy atom. The molecule has 0 aliphatic carbocycles. The summed E-state index contributed by atoms with van der Waals surface area (Å²) in [6.07, 6.45) is 3.16. The first-order chi connectivity index (χ1) is 18.5. The zero-order valence-corrected chi connectivity index (χ0v) is 21.1. The molecule has 5 rings (SSSR count). The van der Waals surface area contributed by atoms with Crippen LogP contribution in [0.2, 0.25) is 5.02 Å². The van der Waals surface area contributed by atoms with E-state index in [9.17, 15) is 14.7 Å². The number of nitrogens with zero attached hydrogens (tertiary/aromatic N) is 2. The van der Waals surface area contributed by atoms with Gasteiger partial charge in [-0.1, -0.05) is 48.0 Å². The molecule has 1 aromatic heterocycles. The molecule has 38 heavy (non-hydrogen) atoms. The SMILES string of the molecule is COc1ccc(/C(O)=C2/C(=O)C(=O)N(c3ccc(OCc4ccccc4)cc3)C2c2cccnc2)cc1Cl. The quantitative estimate of drug-likeness (QED) is 0.182. The number of carbonyl (C=O) groups is 2. The van der Waals surface area contributed by atoms with Gasteiger partial charge in [0.1, 0.15) is 23.9 Å². The van der Waals surface area contributed by atoms with Crippen molar-refractivity contribution in [3.05, 3.63) is 125 Å². The van der Waals surface area contributed by atoms with Crippen molar-refractivity contribution in [2.45, 2.75) is 12.6 Å². The summed E-state index contributed by atoms with van der Waals surface area (Å²) in [7, 11) is 1.48. The largest absolute Gasteiger partial charge is 0.507 e. The van der Waals surface area contributed by atoms with Crippen LogP contribution in [0.25, 0.3) is 5.76 Å². The van der Waals surface area contributed by atoms with Gasteiger partial charge in [0.25, 0.3) is 11.7 Å². The summed E-state index contributed by atoms with van der Waals surface area (Å²) in [5.41, 5.74) is 2.29. The van der Waals surface area contributed by atoms with Crippen molar-refractivity contribution in [1.82, 2.24) is 4.98 Å². The van der Waals surface area contributed by atoms with Crippen LogP contribution in [0.1, 0.15) is 22.7 Å². The maximum absolute atomic E-state index is 13.3. The van der Waals surface area contributed by atoms with Crippen LogP contribution < -0.4 is 14.4 Å². The summed E-state index contributed by atoms with van der Waals surface area (Å²) in [6, 6.07) is 23.9. The second kappa shape index (κ2) is 10.8. The maximum Gasteiger partial charge on any atom is 0.300 e. The molecular weight excluding hydrogens is 504 g/mol. The lowest BCUT2D eigenvalue weighted by Gasteiger charge is -2.25. The summed E-state index contributed by atoms with van der Waals surface area (Å²) in [6.45, 7) is 0.394. The lowest BCUT2D eigenvalue weighted by atomic mass is 9.96. The topological polar surface area (TPSA) is 89.0 Å². The van der Waals surface area contributed by atoms with Gasteiger partial charge in [-0.25, -0.2) is 0 Å². The number of aliphatic hydroxyl groups excluding tert-OH is 1. The van der Waals surface area contributed by atoms with Crippen molar-refractivity contribution in [1.29, 1.82) is 0 Å². The highest BCUT2D eigenvalue weighted by Gasteiger charge is 2.47. The minimum Gasteiger partial charge on any atom is -0.507 e. The molecule has 0 spiro atoms. The minimum atomic E-state index is -0.902. The van der Waals surface area contributed by atoms with E-state index in [1.165, 1.54) is 18.1 Å². The average molecular weight is 527 g/mol. The molecule has 0 bridgehead atoms. The molecule has 3 aromatic carbocycles. The highest BCUT2D eigenvalue weighted by atomic mass is 35.5. The van der Waals surface area contributed by atoms with E-state index in [-0.39, 0.29) is 21.9 Å². The van der Waals surface area contributed by atoms with Crippen LogP contribution >= 0.6 is 11.6 Å². The summed E-state index contributed by atoms with van der Waals surface area (Å²) in [5, 5.41) is 11.5. The lowest BCUT2D eigenvalue weighted by Crippen LogP contribution is -2.29. The molecule has 8 heteroatoms. The van der Waals surface area contributed by atoms with Gasteiger partial charge in [-0.3, -0.25) is 19.5 Å². The van der Waals surface area contributed by atoms with Gasteiger partial charge in [0.05, 0.1) is 23.7 Å². The van der Waals surface area contributed by atoms with E-state index in [0.717, 1.165) is 5.56 Å². The first kappa shape index (κ1) is 25.0. The first-order valence-corrected chi connectivity index (χ1v) is 12.2. The van der Waals surface area contributed by atoms with Crippen LogP contribution in [-0.2, 0) is 16.2 Å². The number of anilines is 1. The van der Waals surface area contributed by atoms with Gasteiger partial charge in [-0.15, -0.1) is 0 Å². The second-order valence-corrected chi connectivity index (χ2v) is 8.98. The molecule has 1 N–H and O–H groups in total. The highest BCUT2D eigenvalue weighted by Crippen LogP contribution is 2.42. The summed E-state index contributed by atoms with van der Waals surface area (Å²) >= 11 is 6.26. The Morgan fingerprint density at radius 2 is 1.76 bits per heavy atom. The molecule has 1 fully saturated rings. The predicted molar refractivity (Wildman–Crippen MR) is 144 cm³/mol. The number of Topliss-reactive ketones (excluding diaryl/α,β-unsaturated/α-hetero) is 1. The van der Waals surface area contributed by atoms with Crippen LogP contribution in [0.15, 0.2) is 103 Å². The third-order valence-corrected chi connectivity index (χ3v) is 6.53. The molecular formula is C30H23ClN2O5. The fraction of sp³-hybridized carbons (Fsp3) is 0.100. The van der Waals surface area contributed by atoms with Gasteiger partial charge in [-0.05, 0) is 59.7 Å². The number of hydrogen-bond donors (Lipinski definition) is 1. The molecule has 1 unspecified atom stereocenters. The van der Waals surface area contributed by atoms with E-state index in [1.54, 1.807) is 60.9 Å². The van der Waals surface area contributed by atoms with Gasteiger partial charge >= 0.3 is 0 Å². The van der Waals surface area contributed by atoms with E-state index < -0.39 is 17.7 Å². The van der Waals surface area contributed by atoms with Crippen molar-refractivity contribution in [3.63, 3.8) is 0 Å². The van der Waals surface area contributed by atoms with E-state index in [2.05, 4.69) is 4.98 Å². The smallest absolute Gasteiger partial charge is 0.300 e. The second-order valence-electron chi connectivity index (χ2n) is 8.57. The minimum absolute atomic E-state index is 0.0614. The number of aromatic nitrogens is 1. The summed E-state index contributed by atoms with van der Waals surface area (Å²) in [4.78, 5) is 32.2. The predicted octanol–water partition coefficient (Wildman–Crippen LogP) is 5.95. The lowest BCUT2D eigenvalue weighted by molar-refractivity contribution is -0.132. The molecule has 0 saturated carbocycles. The van der Waals surface area contributed by atoms with Crippen molar-refractivity contribution in [2.75, 3.05) is 12.0 Å². The fourth-order valence-electron chi connectivity index (χ4n) is 4.36. The number of ketones is 1. The van der Waals surface area contributed by atoms with Crippen molar-refractivity contribution >= 4 is 34.7 Å². The number of amides is 1. The zero-order chi connectivity index (χ0) is 26.6. The van der Waals surface area contributed by atoms with Crippen LogP contribution in [0.3, 0.4) is 0 Å².